The monoisotopic (exact) mass is 443 g/mol. The van der Waals surface area contributed by atoms with E-state index in [4.69, 9.17) is 14.7 Å². The number of rotatable bonds is 7. The van der Waals surface area contributed by atoms with Crippen molar-refractivity contribution in [1.82, 2.24) is 14.8 Å². The highest BCUT2D eigenvalue weighted by atomic mass is 16.6. The molecule has 0 aliphatic carbocycles. The van der Waals surface area contributed by atoms with E-state index < -0.39 is 5.97 Å². The van der Waals surface area contributed by atoms with Gasteiger partial charge in [-0.05, 0) is 25.0 Å². The lowest BCUT2D eigenvalue weighted by atomic mass is 10.0. The van der Waals surface area contributed by atoms with Gasteiger partial charge in [-0.25, -0.2) is 0 Å². The van der Waals surface area contributed by atoms with E-state index in [9.17, 15) is 4.79 Å². The van der Waals surface area contributed by atoms with Gasteiger partial charge in [-0.15, -0.1) is 0 Å². The van der Waals surface area contributed by atoms with Crippen molar-refractivity contribution in [2.75, 3.05) is 52.4 Å². The number of nitrogens with zero attached hydrogens (tertiary/aromatic N) is 5. The summed E-state index contributed by atoms with van der Waals surface area (Å²) in [6.07, 6.45) is 3.11. The smallest absolute Gasteiger partial charge is 0.317 e. The van der Waals surface area contributed by atoms with Crippen LogP contribution in [0.2, 0.25) is 0 Å². The first-order valence-electron chi connectivity index (χ1n) is 11.4. The SMILES string of the molecule is CC1CN(/N=C/c2ccc(C3=NOC(CN4CCN(CC(=O)O)CC4)C3)cc2)CC(C)O1. The van der Waals surface area contributed by atoms with E-state index in [0.29, 0.717) is 0 Å². The van der Waals surface area contributed by atoms with Gasteiger partial charge >= 0.3 is 5.97 Å². The number of hydrogen-bond donors (Lipinski definition) is 1. The second-order valence-electron chi connectivity index (χ2n) is 8.94. The highest BCUT2D eigenvalue weighted by molar-refractivity contribution is 6.01. The highest BCUT2D eigenvalue weighted by Crippen LogP contribution is 2.19. The number of piperazine rings is 1. The third-order valence-electron chi connectivity index (χ3n) is 6.03. The molecule has 9 heteroatoms. The van der Waals surface area contributed by atoms with Crippen molar-refractivity contribution < 1.29 is 19.5 Å². The summed E-state index contributed by atoms with van der Waals surface area (Å²) < 4.78 is 5.75. The molecule has 2 saturated heterocycles. The van der Waals surface area contributed by atoms with E-state index in [1.165, 1.54) is 0 Å². The van der Waals surface area contributed by atoms with Crippen LogP contribution in [0, 0.1) is 0 Å². The molecule has 0 radical (unpaired) electrons. The van der Waals surface area contributed by atoms with Crippen LogP contribution in [0.4, 0.5) is 0 Å². The molecule has 0 amide bonds. The maximum Gasteiger partial charge on any atom is 0.317 e. The van der Waals surface area contributed by atoms with E-state index in [1.807, 2.05) is 11.1 Å². The number of benzene rings is 1. The summed E-state index contributed by atoms with van der Waals surface area (Å²) in [5, 5.41) is 19.9. The maximum atomic E-state index is 10.8. The molecule has 0 aromatic heterocycles. The Morgan fingerprint density at radius 2 is 1.78 bits per heavy atom. The minimum Gasteiger partial charge on any atom is -0.480 e. The minimum absolute atomic E-state index is 0.0440. The van der Waals surface area contributed by atoms with E-state index in [-0.39, 0.29) is 24.9 Å². The Bertz CT molecular complexity index is 825. The number of aliphatic carboxylic acids is 1. The van der Waals surface area contributed by atoms with Crippen LogP contribution in [0.5, 0.6) is 0 Å². The molecule has 32 heavy (non-hydrogen) atoms. The molecule has 1 N–H and O–H groups in total. The van der Waals surface area contributed by atoms with Gasteiger partial charge in [0.1, 0.15) is 6.10 Å². The molecule has 1 aromatic carbocycles. The number of carbonyl (C=O) groups is 1. The molecule has 3 aliphatic rings. The van der Waals surface area contributed by atoms with Gasteiger partial charge in [-0.3, -0.25) is 19.6 Å². The first-order chi connectivity index (χ1) is 15.4. The minimum atomic E-state index is -0.766. The van der Waals surface area contributed by atoms with Crippen LogP contribution in [-0.2, 0) is 14.4 Å². The molecule has 9 nitrogen and oxygen atoms in total. The quantitative estimate of drug-likeness (QED) is 0.636. The normalized spacial score (nSPS) is 27.5. The van der Waals surface area contributed by atoms with Gasteiger partial charge in [-0.2, -0.15) is 5.10 Å². The van der Waals surface area contributed by atoms with Crippen LogP contribution < -0.4 is 0 Å². The van der Waals surface area contributed by atoms with Crippen LogP contribution in [0.15, 0.2) is 34.5 Å². The van der Waals surface area contributed by atoms with Crippen molar-refractivity contribution in [2.24, 2.45) is 10.3 Å². The van der Waals surface area contributed by atoms with Crippen LogP contribution in [-0.4, -0.2) is 108 Å². The lowest BCUT2D eigenvalue weighted by Gasteiger charge is -2.34. The number of hydrazone groups is 1. The molecule has 3 unspecified atom stereocenters. The zero-order chi connectivity index (χ0) is 22.5. The standard InChI is InChI=1S/C23H33N5O4/c1-17-13-28(14-18(2)31-17)24-12-19-3-5-20(6-4-19)22-11-21(32-25-22)15-26-7-9-27(10-8-26)16-23(29)30/h3-6,12,17-18,21H,7-11,13-16H2,1-2H3,(H,29,30)/b24-12+. The average Bonchev–Trinajstić information content (AvgIpc) is 3.21. The van der Waals surface area contributed by atoms with Crippen molar-refractivity contribution >= 4 is 17.9 Å². The number of morpholine rings is 1. The van der Waals surface area contributed by atoms with Crippen molar-refractivity contribution in [3.8, 4) is 0 Å². The largest absolute Gasteiger partial charge is 0.480 e. The predicted molar refractivity (Wildman–Crippen MR) is 122 cm³/mol. The van der Waals surface area contributed by atoms with Crippen molar-refractivity contribution in [2.45, 2.75) is 38.6 Å². The van der Waals surface area contributed by atoms with E-state index in [1.54, 1.807) is 0 Å². The molecule has 3 heterocycles. The van der Waals surface area contributed by atoms with E-state index >= 15 is 0 Å². The molecular formula is C23H33N5O4. The number of carboxylic acid groups (broad SMARTS) is 1. The first kappa shape index (κ1) is 22.7. The Labute approximate surface area is 189 Å². The maximum absolute atomic E-state index is 10.8. The second kappa shape index (κ2) is 10.4. The number of oxime groups is 1. The number of hydrogen-bond acceptors (Lipinski definition) is 8. The molecule has 3 atom stereocenters. The van der Waals surface area contributed by atoms with Crippen molar-refractivity contribution in [3.63, 3.8) is 0 Å². The van der Waals surface area contributed by atoms with Crippen LogP contribution in [0.1, 0.15) is 31.4 Å². The summed E-state index contributed by atoms with van der Waals surface area (Å²) >= 11 is 0. The third kappa shape index (κ3) is 6.27. The molecule has 3 aliphatic heterocycles. The summed E-state index contributed by atoms with van der Waals surface area (Å²) in [6.45, 7) is 9.96. The van der Waals surface area contributed by atoms with Gasteiger partial charge in [0.05, 0.1) is 43.8 Å². The Kier molecular flexibility index (Phi) is 7.39. The van der Waals surface area contributed by atoms with Crippen molar-refractivity contribution in [3.05, 3.63) is 35.4 Å². The molecular weight excluding hydrogens is 410 g/mol. The molecule has 174 valence electrons. The number of carboxylic acids is 1. The zero-order valence-electron chi connectivity index (χ0n) is 18.9. The lowest BCUT2D eigenvalue weighted by Crippen LogP contribution is -2.49. The summed E-state index contributed by atoms with van der Waals surface area (Å²) in [6, 6.07) is 8.26. The van der Waals surface area contributed by atoms with Crippen LogP contribution in [0.25, 0.3) is 0 Å². The lowest BCUT2D eigenvalue weighted by molar-refractivity contribution is -0.138. The average molecular weight is 444 g/mol. The van der Waals surface area contributed by atoms with E-state index in [2.05, 4.69) is 58.3 Å². The molecule has 0 spiro atoms. The van der Waals surface area contributed by atoms with Gasteiger partial charge in [0.25, 0.3) is 0 Å². The summed E-state index contributed by atoms with van der Waals surface area (Å²) in [7, 11) is 0. The first-order valence-corrected chi connectivity index (χ1v) is 11.4. The van der Waals surface area contributed by atoms with Gasteiger partial charge in [0, 0.05) is 39.1 Å². The molecule has 2 fully saturated rings. The van der Waals surface area contributed by atoms with Crippen molar-refractivity contribution in [1.29, 1.82) is 0 Å². The van der Waals surface area contributed by atoms with Crippen LogP contribution >= 0.6 is 0 Å². The van der Waals surface area contributed by atoms with Gasteiger partial charge < -0.3 is 14.7 Å². The van der Waals surface area contributed by atoms with Crippen LogP contribution in [0.3, 0.4) is 0 Å². The Hall–Kier alpha value is -2.49. The fourth-order valence-electron chi connectivity index (χ4n) is 4.46. The second-order valence-corrected chi connectivity index (χ2v) is 8.94. The van der Waals surface area contributed by atoms with Gasteiger partial charge in [0.2, 0.25) is 0 Å². The predicted octanol–water partition coefficient (Wildman–Crippen LogP) is 1.32. The summed E-state index contributed by atoms with van der Waals surface area (Å²) in [4.78, 5) is 20.8. The summed E-state index contributed by atoms with van der Waals surface area (Å²) in [5.74, 6) is -0.766. The Morgan fingerprint density at radius 3 is 2.44 bits per heavy atom. The fraction of sp³-hybridized carbons (Fsp3) is 0.609. The molecule has 4 rings (SSSR count). The Balaban J connectivity index is 1.23. The summed E-state index contributed by atoms with van der Waals surface area (Å²) in [5.41, 5.74) is 3.10. The molecule has 1 aromatic rings. The van der Waals surface area contributed by atoms with Gasteiger partial charge in [-0.1, -0.05) is 29.4 Å². The van der Waals surface area contributed by atoms with E-state index in [0.717, 1.165) is 69.1 Å². The molecule has 0 saturated carbocycles. The number of ether oxygens (including phenoxy) is 1. The zero-order valence-corrected chi connectivity index (χ0v) is 18.9. The topological polar surface area (TPSA) is 90.2 Å². The highest BCUT2D eigenvalue weighted by Gasteiger charge is 2.27. The third-order valence-corrected chi connectivity index (χ3v) is 6.03. The van der Waals surface area contributed by atoms with Gasteiger partial charge in [0.15, 0.2) is 0 Å². The fourth-order valence-corrected chi connectivity index (χ4v) is 4.46. The molecule has 0 bridgehead atoms. The Morgan fingerprint density at radius 1 is 1.12 bits per heavy atom.